The van der Waals surface area contributed by atoms with Crippen LogP contribution in [0.4, 0.5) is 5.69 Å². The van der Waals surface area contributed by atoms with Crippen LogP contribution in [0.2, 0.25) is 0 Å². The average molecular weight is 363 g/mol. The van der Waals surface area contributed by atoms with E-state index in [0.29, 0.717) is 29.9 Å². The zero-order valence-corrected chi connectivity index (χ0v) is 15.3. The lowest BCUT2D eigenvalue weighted by Gasteiger charge is -2.20. The van der Waals surface area contributed by atoms with Crippen LogP contribution in [-0.4, -0.2) is 44.6 Å². The van der Waals surface area contributed by atoms with Crippen LogP contribution in [0.15, 0.2) is 61.2 Å². The van der Waals surface area contributed by atoms with Crippen molar-refractivity contribution in [2.24, 2.45) is 0 Å². The second-order valence-corrected chi connectivity index (χ2v) is 5.86. The first-order valence-electron chi connectivity index (χ1n) is 8.78. The zero-order valence-electron chi connectivity index (χ0n) is 15.3. The largest absolute Gasteiger partial charge is 0.339 e. The SMILES string of the molecule is CCN(CC)C(=O)c1ccccc1NC(=O)c1ccc(-n2cncn2)cc1. The third-order valence-electron chi connectivity index (χ3n) is 4.27. The molecule has 0 saturated carbocycles. The number of hydrogen-bond acceptors (Lipinski definition) is 4. The van der Waals surface area contributed by atoms with E-state index < -0.39 is 0 Å². The van der Waals surface area contributed by atoms with Crippen LogP contribution in [0.3, 0.4) is 0 Å². The molecule has 0 unspecified atom stereocenters. The van der Waals surface area contributed by atoms with Gasteiger partial charge in [-0.2, -0.15) is 5.10 Å². The summed E-state index contributed by atoms with van der Waals surface area (Å²) >= 11 is 0. The van der Waals surface area contributed by atoms with E-state index in [1.54, 1.807) is 64.4 Å². The molecule has 138 valence electrons. The Labute approximate surface area is 157 Å². The van der Waals surface area contributed by atoms with E-state index >= 15 is 0 Å². The lowest BCUT2D eigenvalue weighted by Crippen LogP contribution is -2.31. The second-order valence-electron chi connectivity index (χ2n) is 5.86. The molecule has 1 heterocycles. The summed E-state index contributed by atoms with van der Waals surface area (Å²) in [7, 11) is 0. The molecule has 3 aromatic rings. The van der Waals surface area contributed by atoms with Gasteiger partial charge in [-0.15, -0.1) is 0 Å². The molecule has 0 aliphatic rings. The Balaban J connectivity index is 1.79. The third kappa shape index (κ3) is 4.03. The molecule has 2 aromatic carbocycles. The second kappa shape index (κ2) is 8.27. The predicted octanol–water partition coefficient (Wildman–Crippen LogP) is 3.00. The van der Waals surface area contributed by atoms with Crippen molar-refractivity contribution in [2.45, 2.75) is 13.8 Å². The average Bonchev–Trinajstić information content (AvgIpc) is 3.24. The number of nitrogens with one attached hydrogen (secondary N) is 1. The number of hydrogen-bond donors (Lipinski definition) is 1. The number of benzene rings is 2. The number of nitrogens with zero attached hydrogens (tertiary/aromatic N) is 4. The highest BCUT2D eigenvalue weighted by Gasteiger charge is 2.17. The van der Waals surface area contributed by atoms with Gasteiger partial charge in [0.1, 0.15) is 12.7 Å². The molecule has 0 bridgehead atoms. The molecule has 2 amide bonds. The highest BCUT2D eigenvalue weighted by atomic mass is 16.2. The first-order valence-corrected chi connectivity index (χ1v) is 8.78. The van der Waals surface area contributed by atoms with E-state index in [4.69, 9.17) is 0 Å². The van der Waals surface area contributed by atoms with Gasteiger partial charge in [0.15, 0.2) is 0 Å². The van der Waals surface area contributed by atoms with Crippen molar-refractivity contribution in [1.29, 1.82) is 0 Å². The molecular formula is C20H21N5O2. The van der Waals surface area contributed by atoms with Crippen LogP contribution in [0.5, 0.6) is 0 Å². The maximum Gasteiger partial charge on any atom is 0.255 e. The normalized spacial score (nSPS) is 10.4. The highest BCUT2D eigenvalue weighted by Crippen LogP contribution is 2.19. The summed E-state index contributed by atoms with van der Waals surface area (Å²) in [6.07, 6.45) is 3.04. The molecule has 27 heavy (non-hydrogen) atoms. The fraction of sp³-hybridized carbons (Fsp3) is 0.200. The summed E-state index contributed by atoms with van der Waals surface area (Å²) in [5.74, 6) is -0.377. The van der Waals surface area contributed by atoms with E-state index in [2.05, 4.69) is 15.4 Å². The van der Waals surface area contributed by atoms with Crippen LogP contribution in [0.25, 0.3) is 5.69 Å². The zero-order chi connectivity index (χ0) is 19.2. The van der Waals surface area contributed by atoms with E-state index in [0.717, 1.165) is 5.69 Å². The van der Waals surface area contributed by atoms with Crippen molar-refractivity contribution < 1.29 is 9.59 Å². The Morgan fingerprint density at radius 2 is 1.74 bits per heavy atom. The monoisotopic (exact) mass is 363 g/mol. The van der Waals surface area contributed by atoms with Gasteiger partial charge in [0.05, 0.1) is 16.9 Å². The smallest absolute Gasteiger partial charge is 0.255 e. The molecule has 7 heteroatoms. The van der Waals surface area contributed by atoms with Crippen molar-refractivity contribution in [3.8, 4) is 5.69 Å². The number of anilines is 1. The fourth-order valence-corrected chi connectivity index (χ4v) is 2.76. The molecular weight excluding hydrogens is 342 g/mol. The van der Waals surface area contributed by atoms with E-state index in [1.807, 2.05) is 13.8 Å². The molecule has 1 aromatic heterocycles. The number of amides is 2. The molecule has 0 aliphatic heterocycles. The van der Waals surface area contributed by atoms with Crippen LogP contribution in [0, 0.1) is 0 Å². The molecule has 0 atom stereocenters. The maximum absolute atomic E-state index is 12.7. The van der Waals surface area contributed by atoms with E-state index in [9.17, 15) is 9.59 Å². The first-order chi connectivity index (χ1) is 13.1. The lowest BCUT2D eigenvalue weighted by atomic mass is 10.1. The Hall–Kier alpha value is -3.48. The van der Waals surface area contributed by atoms with Gasteiger partial charge in [-0.05, 0) is 50.2 Å². The Kier molecular flexibility index (Phi) is 5.61. The molecule has 0 spiro atoms. The summed E-state index contributed by atoms with van der Waals surface area (Å²) < 4.78 is 1.61. The number of carbonyl (C=O) groups is 2. The van der Waals surface area contributed by atoms with Crippen molar-refractivity contribution in [3.63, 3.8) is 0 Å². The van der Waals surface area contributed by atoms with Crippen molar-refractivity contribution in [2.75, 3.05) is 18.4 Å². The number of carbonyl (C=O) groups excluding carboxylic acids is 2. The Morgan fingerprint density at radius 1 is 1.04 bits per heavy atom. The standard InChI is InChI=1S/C20H21N5O2/c1-3-24(4-2)20(27)17-7-5-6-8-18(17)23-19(26)15-9-11-16(12-10-15)25-14-21-13-22-25/h5-14H,3-4H2,1-2H3,(H,23,26). The molecule has 1 N–H and O–H groups in total. The molecule has 0 fully saturated rings. The van der Waals surface area contributed by atoms with Gasteiger partial charge in [-0.1, -0.05) is 12.1 Å². The maximum atomic E-state index is 12.7. The summed E-state index contributed by atoms with van der Waals surface area (Å²) in [6, 6.07) is 14.0. The first kappa shape index (κ1) is 18.3. The minimum atomic E-state index is -0.278. The molecule has 0 radical (unpaired) electrons. The summed E-state index contributed by atoms with van der Waals surface area (Å²) in [6.45, 7) is 5.08. The molecule has 7 nitrogen and oxygen atoms in total. The predicted molar refractivity (Wildman–Crippen MR) is 103 cm³/mol. The van der Waals surface area contributed by atoms with Gasteiger partial charge in [0.25, 0.3) is 11.8 Å². The van der Waals surface area contributed by atoms with Crippen LogP contribution in [0.1, 0.15) is 34.6 Å². The number of aromatic nitrogens is 3. The Bertz CT molecular complexity index is 916. The van der Waals surface area contributed by atoms with E-state index in [-0.39, 0.29) is 11.8 Å². The van der Waals surface area contributed by atoms with Gasteiger partial charge in [0, 0.05) is 18.7 Å². The van der Waals surface area contributed by atoms with Gasteiger partial charge in [-0.25, -0.2) is 9.67 Å². The fourth-order valence-electron chi connectivity index (χ4n) is 2.76. The molecule has 3 rings (SSSR count). The Morgan fingerprint density at radius 3 is 2.37 bits per heavy atom. The van der Waals surface area contributed by atoms with E-state index in [1.165, 1.54) is 6.33 Å². The summed E-state index contributed by atoms with van der Waals surface area (Å²) in [4.78, 5) is 30.9. The number of rotatable bonds is 6. The minimum absolute atomic E-state index is 0.0996. The summed E-state index contributed by atoms with van der Waals surface area (Å²) in [5, 5.41) is 6.90. The van der Waals surface area contributed by atoms with Crippen molar-refractivity contribution in [3.05, 3.63) is 72.3 Å². The van der Waals surface area contributed by atoms with Gasteiger partial charge in [-0.3, -0.25) is 9.59 Å². The van der Waals surface area contributed by atoms with Gasteiger partial charge < -0.3 is 10.2 Å². The van der Waals surface area contributed by atoms with Crippen LogP contribution < -0.4 is 5.32 Å². The third-order valence-corrected chi connectivity index (χ3v) is 4.27. The van der Waals surface area contributed by atoms with Crippen LogP contribution in [-0.2, 0) is 0 Å². The van der Waals surface area contributed by atoms with Gasteiger partial charge >= 0.3 is 0 Å². The van der Waals surface area contributed by atoms with Gasteiger partial charge in [0.2, 0.25) is 0 Å². The minimum Gasteiger partial charge on any atom is -0.339 e. The lowest BCUT2D eigenvalue weighted by molar-refractivity contribution is 0.0774. The quantitative estimate of drug-likeness (QED) is 0.730. The molecule has 0 saturated heterocycles. The van der Waals surface area contributed by atoms with Crippen LogP contribution >= 0.6 is 0 Å². The summed E-state index contributed by atoms with van der Waals surface area (Å²) in [5.41, 5.74) is 2.28. The topological polar surface area (TPSA) is 80.1 Å². The van der Waals surface area contributed by atoms with Crippen molar-refractivity contribution >= 4 is 17.5 Å². The molecule has 0 aliphatic carbocycles. The van der Waals surface area contributed by atoms with Crippen molar-refractivity contribution in [1.82, 2.24) is 19.7 Å². The number of para-hydroxylation sites is 1. The highest BCUT2D eigenvalue weighted by molar-refractivity contribution is 6.09.